The van der Waals surface area contributed by atoms with Crippen molar-refractivity contribution in [1.29, 1.82) is 0 Å². The van der Waals surface area contributed by atoms with Gasteiger partial charge in [0.2, 0.25) is 0 Å². The highest BCUT2D eigenvalue weighted by atomic mass is 16.3. The van der Waals surface area contributed by atoms with Gasteiger partial charge in [-0.15, -0.1) is 11.8 Å². The fraction of sp³-hybridized carbons (Fsp3) is 0.417. The summed E-state index contributed by atoms with van der Waals surface area (Å²) in [5, 5.41) is 9.74. The first-order valence-corrected chi connectivity index (χ1v) is 4.75. The summed E-state index contributed by atoms with van der Waals surface area (Å²) in [5.41, 5.74) is 1.67. The lowest BCUT2D eigenvalue weighted by atomic mass is 10.1. The molecule has 0 fully saturated rings. The SMILES string of the molecule is CC#CCCC(O)c1cccc(C)n1. The summed E-state index contributed by atoms with van der Waals surface area (Å²) in [7, 11) is 0. The number of aromatic nitrogens is 1. The molecule has 1 heterocycles. The Morgan fingerprint density at radius 1 is 1.50 bits per heavy atom. The van der Waals surface area contributed by atoms with Crippen LogP contribution in [0, 0.1) is 18.8 Å². The first-order chi connectivity index (χ1) is 6.74. The Hall–Kier alpha value is -1.33. The Bertz CT molecular complexity index is 349. The van der Waals surface area contributed by atoms with Crippen molar-refractivity contribution in [1.82, 2.24) is 4.98 Å². The molecule has 0 aliphatic rings. The van der Waals surface area contributed by atoms with Gasteiger partial charge in [0.15, 0.2) is 0 Å². The highest BCUT2D eigenvalue weighted by molar-refractivity contribution is 5.12. The zero-order chi connectivity index (χ0) is 10.4. The van der Waals surface area contributed by atoms with Crippen LogP contribution in [0.15, 0.2) is 18.2 Å². The molecule has 0 spiro atoms. The lowest BCUT2D eigenvalue weighted by molar-refractivity contribution is 0.164. The predicted molar refractivity (Wildman–Crippen MR) is 56.6 cm³/mol. The molecule has 74 valence electrons. The Balaban J connectivity index is 2.58. The minimum absolute atomic E-state index is 0.490. The van der Waals surface area contributed by atoms with E-state index in [9.17, 15) is 5.11 Å². The highest BCUT2D eigenvalue weighted by Gasteiger charge is 2.07. The molecule has 0 saturated carbocycles. The van der Waals surface area contributed by atoms with Crippen LogP contribution in [0.25, 0.3) is 0 Å². The molecule has 14 heavy (non-hydrogen) atoms. The van der Waals surface area contributed by atoms with E-state index in [-0.39, 0.29) is 0 Å². The van der Waals surface area contributed by atoms with Crippen molar-refractivity contribution in [2.45, 2.75) is 32.8 Å². The summed E-state index contributed by atoms with van der Waals surface area (Å²) in [4.78, 5) is 4.25. The summed E-state index contributed by atoms with van der Waals surface area (Å²) < 4.78 is 0. The third-order valence-corrected chi connectivity index (χ3v) is 1.97. The van der Waals surface area contributed by atoms with Crippen molar-refractivity contribution in [2.75, 3.05) is 0 Å². The first kappa shape index (κ1) is 10.7. The van der Waals surface area contributed by atoms with E-state index >= 15 is 0 Å². The number of aliphatic hydroxyl groups excluding tert-OH is 1. The fourth-order valence-electron chi connectivity index (χ4n) is 1.23. The Kier molecular flexibility index (Phi) is 4.15. The summed E-state index contributed by atoms with van der Waals surface area (Å²) in [6.45, 7) is 3.72. The minimum Gasteiger partial charge on any atom is -0.387 e. The average Bonchev–Trinajstić information content (AvgIpc) is 2.18. The molecular weight excluding hydrogens is 174 g/mol. The van der Waals surface area contributed by atoms with Gasteiger partial charge >= 0.3 is 0 Å². The second-order valence-electron chi connectivity index (χ2n) is 3.19. The fourth-order valence-corrected chi connectivity index (χ4v) is 1.23. The molecule has 2 nitrogen and oxygen atoms in total. The van der Waals surface area contributed by atoms with Crippen LogP contribution >= 0.6 is 0 Å². The number of aliphatic hydroxyl groups is 1. The van der Waals surface area contributed by atoms with Crippen molar-refractivity contribution < 1.29 is 5.11 Å². The first-order valence-electron chi connectivity index (χ1n) is 4.75. The molecule has 0 aromatic carbocycles. The number of nitrogens with zero attached hydrogens (tertiary/aromatic N) is 1. The van der Waals surface area contributed by atoms with Crippen LogP contribution in [0.4, 0.5) is 0 Å². The van der Waals surface area contributed by atoms with Crippen LogP contribution < -0.4 is 0 Å². The van der Waals surface area contributed by atoms with E-state index in [1.807, 2.05) is 25.1 Å². The van der Waals surface area contributed by atoms with E-state index in [4.69, 9.17) is 0 Å². The number of hydrogen-bond acceptors (Lipinski definition) is 2. The highest BCUT2D eigenvalue weighted by Crippen LogP contribution is 2.15. The topological polar surface area (TPSA) is 33.1 Å². The molecule has 0 saturated heterocycles. The van der Waals surface area contributed by atoms with Gasteiger partial charge in [0.1, 0.15) is 0 Å². The molecule has 0 amide bonds. The van der Waals surface area contributed by atoms with Crippen molar-refractivity contribution in [3.8, 4) is 11.8 Å². The van der Waals surface area contributed by atoms with Crippen LogP contribution in [0.2, 0.25) is 0 Å². The number of aryl methyl sites for hydroxylation is 1. The van der Waals surface area contributed by atoms with Crippen molar-refractivity contribution in [2.24, 2.45) is 0 Å². The summed E-state index contributed by atoms with van der Waals surface area (Å²) in [5.74, 6) is 5.73. The third-order valence-electron chi connectivity index (χ3n) is 1.97. The van der Waals surface area contributed by atoms with E-state index in [1.54, 1.807) is 6.92 Å². The maximum atomic E-state index is 9.74. The monoisotopic (exact) mass is 189 g/mol. The van der Waals surface area contributed by atoms with Gasteiger partial charge in [0.05, 0.1) is 11.8 Å². The molecule has 0 aliphatic carbocycles. The molecular formula is C12H15NO. The number of hydrogen-bond donors (Lipinski definition) is 1. The second-order valence-corrected chi connectivity index (χ2v) is 3.19. The van der Waals surface area contributed by atoms with E-state index in [0.29, 0.717) is 12.8 Å². The molecule has 0 bridgehead atoms. The molecule has 1 aromatic rings. The summed E-state index contributed by atoms with van der Waals surface area (Å²) in [6.07, 6.45) is 0.876. The van der Waals surface area contributed by atoms with Crippen LogP contribution in [0.5, 0.6) is 0 Å². The Morgan fingerprint density at radius 3 is 2.93 bits per heavy atom. The predicted octanol–water partition coefficient (Wildman–Crippen LogP) is 2.23. The van der Waals surface area contributed by atoms with Gasteiger partial charge in [0, 0.05) is 12.1 Å². The summed E-state index contributed by atoms with van der Waals surface area (Å²) in [6, 6.07) is 5.67. The quantitative estimate of drug-likeness (QED) is 0.740. The van der Waals surface area contributed by atoms with Gasteiger partial charge in [-0.3, -0.25) is 4.98 Å². The van der Waals surface area contributed by atoms with Gasteiger partial charge in [-0.25, -0.2) is 0 Å². The van der Waals surface area contributed by atoms with Crippen LogP contribution in [0.3, 0.4) is 0 Å². The van der Waals surface area contributed by atoms with Gasteiger partial charge in [-0.2, -0.15) is 0 Å². The van der Waals surface area contributed by atoms with Gasteiger partial charge in [0.25, 0.3) is 0 Å². The van der Waals surface area contributed by atoms with Gasteiger partial charge in [-0.1, -0.05) is 6.07 Å². The average molecular weight is 189 g/mol. The van der Waals surface area contributed by atoms with Crippen LogP contribution in [-0.4, -0.2) is 10.1 Å². The lowest BCUT2D eigenvalue weighted by Crippen LogP contribution is -2.00. The van der Waals surface area contributed by atoms with Gasteiger partial charge < -0.3 is 5.11 Å². The minimum atomic E-state index is -0.490. The maximum absolute atomic E-state index is 9.74. The van der Waals surface area contributed by atoms with Crippen molar-refractivity contribution >= 4 is 0 Å². The van der Waals surface area contributed by atoms with E-state index in [2.05, 4.69) is 16.8 Å². The lowest BCUT2D eigenvalue weighted by Gasteiger charge is -2.08. The smallest absolute Gasteiger partial charge is 0.0968 e. The third kappa shape index (κ3) is 3.20. The number of rotatable bonds is 3. The Morgan fingerprint density at radius 2 is 2.29 bits per heavy atom. The molecule has 1 aromatic heterocycles. The summed E-state index contributed by atoms with van der Waals surface area (Å²) >= 11 is 0. The van der Waals surface area contributed by atoms with Gasteiger partial charge in [-0.05, 0) is 32.4 Å². The molecule has 0 aliphatic heterocycles. The zero-order valence-electron chi connectivity index (χ0n) is 8.62. The Labute approximate surface area is 85.0 Å². The second kappa shape index (κ2) is 5.41. The van der Waals surface area contributed by atoms with Crippen LogP contribution in [0.1, 0.15) is 37.3 Å². The normalized spacial score (nSPS) is 11.6. The standard InChI is InChI=1S/C12H15NO/c1-3-4-5-9-12(14)11-8-6-7-10(2)13-11/h6-8,12,14H,5,9H2,1-2H3. The molecule has 2 heteroatoms. The van der Waals surface area contributed by atoms with E-state index in [0.717, 1.165) is 11.4 Å². The van der Waals surface area contributed by atoms with Crippen LogP contribution in [-0.2, 0) is 0 Å². The van der Waals surface area contributed by atoms with E-state index in [1.165, 1.54) is 0 Å². The largest absolute Gasteiger partial charge is 0.387 e. The molecule has 1 unspecified atom stereocenters. The molecule has 1 atom stereocenters. The zero-order valence-corrected chi connectivity index (χ0v) is 8.62. The van der Waals surface area contributed by atoms with Crippen molar-refractivity contribution in [3.05, 3.63) is 29.6 Å². The van der Waals surface area contributed by atoms with E-state index < -0.39 is 6.10 Å². The molecule has 1 N–H and O–H groups in total. The number of pyridine rings is 1. The molecule has 1 rings (SSSR count). The van der Waals surface area contributed by atoms with Crippen molar-refractivity contribution in [3.63, 3.8) is 0 Å². The maximum Gasteiger partial charge on any atom is 0.0968 e. The molecule has 0 radical (unpaired) electrons.